The first-order valence-corrected chi connectivity index (χ1v) is 7.95. The SMILES string of the molecule is CCc1ccc(NC(=O)NC2(c3ccccc3)CCC2)cc1. The Kier molecular flexibility index (Phi) is 4.14. The molecule has 0 aromatic heterocycles. The van der Waals surface area contributed by atoms with Gasteiger partial charge >= 0.3 is 6.03 Å². The fraction of sp³-hybridized carbons (Fsp3) is 0.316. The van der Waals surface area contributed by atoms with Gasteiger partial charge in [0, 0.05) is 5.69 Å². The van der Waals surface area contributed by atoms with Crippen molar-refractivity contribution in [2.45, 2.75) is 38.1 Å². The fourth-order valence-electron chi connectivity index (χ4n) is 2.98. The van der Waals surface area contributed by atoms with Crippen LogP contribution in [0.25, 0.3) is 0 Å². The van der Waals surface area contributed by atoms with Crippen LogP contribution in [0.15, 0.2) is 54.6 Å². The lowest BCUT2D eigenvalue weighted by atomic mass is 9.72. The Balaban J connectivity index is 1.67. The zero-order valence-corrected chi connectivity index (χ0v) is 12.9. The highest BCUT2D eigenvalue weighted by atomic mass is 16.2. The van der Waals surface area contributed by atoms with E-state index < -0.39 is 0 Å². The van der Waals surface area contributed by atoms with Gasteiger partial charge in [-0.3, -0.25) is 0 Å². The van der Waals surface area contributed by atoms with Gasteiger partial charge in [-0.05, 0) is 48.9 Å². The van der Waals surface area contributed by atoms with Crippen LogP contribution in [0.3, 0.4) is 0 Å². The largest absolute Gasteiger partial charge is 0.328 e. The lowest BCUT2D eigenvalue weighted by Crippen LogP contribution is -2.52. The number of anilines is 1. The summed E-state index contributed by atoms with van der Waals surface area (Å²) < 4.78 is 0. The van der Waals surface area contributed by atoms with Gasteiger partial charge in [-0.2, -0.15) is 0 Å². The Hall–Kier alpha value is -2.29. The van der Waals surface area contributed by atoms with Gasteiger partial charge in [-0.25, -0.2) is 4.79 Å². The maximum Gasteiger partial charge on any atom is 0.319 e. The van der Waals surface area contributed by atoms with Crippen LogP contribution in [-0.2, 0) is 12.0 Å². The number of benzene rings is 2. The number of aryl methyl sites for hydroxylation is 1. The zero-order valence-electron chi connectivity index (χ0n) is 12.9. The molecule has 114 valence electrons. The molecule has 2 amide bonds. The van der Waals surface area contributed by atoms with Crippen LogP contribution in [0.1, 0.15) is 37.3 Å². The normalized spacial score (nSPS) is 15.7. The molecule has 0 bridgehead atoms. The average Bonchev–Trinajstić information content (AvgIpc) is 2.52. The molecule has 2 aromatic carbocycles. The minimum absolute atomic E-state index is 0.132. The zero-order chi connectivity index (χ0) is 15.4. The second-order valence-corrected chi connectivity index (χ2v) is 5.93. The van der Waals surface area contributed by atoms with E-state index in [1.54, 1.807) is 0 Å². The van der Waals surface area contributed by atoms with E-state index in [1.165, 1.54) is 11.1 Å². The lowest BCUT2D eigenvalue weighted by molar-refractivity contribution is 0.185. The minimum atomic E-state index is -0.200. The minimum Gasteiger partial charge on any atom is -0.328 e. The van der Waals surface area contributed by atoms with E-state index in [4.69, 9.17) is 0 Å². The van der Waals surface area contributed by atoms with Crippen LogP contribution in [0.2, 0.25) is 0 Å². The Bertz CT molecular complexity index is 630. The van der Waals surface area contributed by atoms with Crippen molar-refractivity contribution in [3.8, 4) is 0 Å². The molecule has 0 saturated heterocycles. The number of amides is 2. The number of hydrogen-bond acceptors (Lipinski definition) is 1. The molecule has 0 aliphatic heterocycles. The van der Waals surface area contributed by atoms with E-state index in [-0.39, 0.29) is 11.6 Å². The number of carbonyl (C=O) groups is 1. The summed E-state index contributed by atoms with van der Waals surface area (Å²) in [5, 5.41) is 6.11. The van der Waals surface area contributed by atoms with Crippen LogP contribution in [0, 0.1) is 0 Å². The smallest absolute Gasteiger partial charge is 0.319 e. The number of nitrogens with one attached hydrogen (secondary N) is 2. The summed E-state index contributed by atoms with van der Waals surface area (Å²) in [5.41, 5.74) is 3.09. The van der Waals surface area contributed by atoms with Crippen molar-refractivity contribution in [2.75, 3.05) is 5.32 Å². The van der Waals surface area contributed by atoms with Crippen LogP contribution < -0.4 is 10.6 Å². The van der Waals surface area contributed by atoms with E-state index in [0.29, 0.717) is 0 Å². The third-order valence-corrected chi connectivity index (χ3v) is 4.51. The summed E-state index contributed by atoms with van der Waals surface area (Å²) in [5.74, 6) is 0. The molecule has 1 aliphatic rings. The number of urea groups is 1. The lowest BCUT2D eigenvalue weighted by Gasteiger charge is -2.43. The number of carbonyl (C=O) groups excluding carboxylic acids is 1. The molecule has 2 N–H and O–H groups in total. The first-order valence-electron chi connectivity index (χ1n) is 7.95. The van der Waals surface area contributed by atoms with Gasteiger partial charge in [0.1, 0.15) is 0 Å². The van der Waals surface area contributed by atoms with E-state index in [9.17, 15) is 4.79 Å². The third-order valence-electron chi connectivity index (χ3n) is 4.51. The highest BCUT2D eigenvalue weighted by Gasteiger charge is 2.39. The van der Waals surface area contributed by atoms with Gasteiger partial charge in [-0.15, -0.1) is 0 Å². The maximum absolute atomic E-state index is 12.3. The Labute approximate surface area is 131 Å². The molecule has 1 saturated carbocycles. The third kappa shape index (κ3) is 2.98. The van der Waals surface area contributed by atoms with Gasteiger partial charge in [0.2, 0.25) is 0 Å². The Morgan fingerprint density at radius 3 is 2.27 bits per heavy atom. The second-order valence-electron chi connectivity index (χ2n) is 5.93. The molecule has 3 rings (SSSR count). The van der Waals surface area contributed by atoms with Crippen molar-refractivity contribution < 1.29 is 4.79 Å². The maximum atomic E-state index is 12.3. The predicted octanol–water partition coefficient (Wildman–Crippen LogP) is 4.45. The molecule has 0 spiro atoms. The monoisotopic (exact) mass is 294 g/mol. The molecule has 2 aromatic rings. The molecular weight excluding hydrogens is 272 g/mol. The van der Waals surface area contributed by atoms with Gasteiger partial charge < -0.3 is 10.6 Å². The van der Waals surface area contributed by atoms with Crippen LogP contribution in [0.5, 0.6) is 0 Å². The first kappa shape index (κ1) is 14.6. The first-order chi connectivity index (χ1) is 10.7. The fourth-order valence-corrected chi connectivity index (χ4v) is 2.98. The molecular formula is C19H22N2O. The van der Waals surface area contributed by atoms with Crippen molar-refractivity contribution in [1.82, 2.24) is 5.32 Å². The highest BCUT2D eigenvalue weighted by molar-refractivity contribution is 5.90. The Morgan fingerprint density at radius 2 is 1.73 bits per heavy atom. The van der Waals surface area contributed by atoms with E-state index >= 15 is 0 Å². The topological polar surface area (TPSA) is 41.1 Å². The van der Waals surface area contributed by atoms with E-state index in [1.807, 2.05) is 42.5 Å². The summed E-state index contributed by atoms with van der Waals surface area (Å²) in [6.07, 6.45) is 4.16. The van der Waals surface area contributed by atoms with Crippen molar-refractivity contribution in [2.24, 2.45) is 0 Å². The predicted molar refractivity (Wildman–Crippen MR) is 89.9 cm³/mol. The van der Waals surface area contributed by atoms with Crippen molar-refractivity contribution >= 4 is 11.7 Å². The van der Waals surface area contributed by atoms with E-state index in [0.717, 1.165) is 31.4 Å². The molecule has 3 heteroatoms. The summed E-state index contributed by atoms with van der Waals surface area (Å²) in [6, 6.07) is 18.1. The summed E-state index contributed by atoms with van der Waals surface area (Å²) in [4.78, 5) is 12.3. The molecule has 22 heavy (non-hydrogen) atoms. The van der Waals surface area contributed by atoms with Crippen molar-refractivity contribution in [1.29, 1.82) is 0 Å². The summed E-state index contributed by atoms with van der Waals surface area (Å²) in [7, 11) is 0. The quantitative estimate of drug-likeness (QED) is 0.859. The molecule has 1 aliphatic carbocycles. The average molecular weight is 294 g/mol. The van der Waals surface area contributed by atoms with Gasteiger partial charge in [0.25, 0.3) is 0 Å². The standard InChI is InChI=1S/C19H22N2O/c1-2-15-9-11-17(12-10-15)20-18(22)21-19(13-6-14-19)16-7-4-3-5-8-16/h3-5,7-12H,2,6,13-14H2,1H3,(H2,20,21,22). The number of rotatable bonds is 4. The molecule has 0 radical (unpaired) electrons. The van der Waals surface area contributed by atoms with Crippen LogP contribution >= 0.6 is 0 Å². The molecule has 1 fully saturated rings. The molecule has 3 nitrogen and oxygen atoms in total. The van der Waals surface area contributed by atoms with Crippen molar-refractivity contribution in [3.05, 3.63) is 65.7 Å². The van der Waals surface area contributed by atoms with Gasteiger partial charge in [0.05, 0.1) is 5.54 Å². The van der Waals surface area contributed by atoms with E-state index in [2.05, 4.69) is 29.7 Å². The summed E-state index contributed by atoms with van der Waals surface area (Å²) in [6.45, 7) is 2.12. The van der Waals surface area contributed by atoms with Crippen LogP contribution in [0.4, 0.5) is 10.5 Å². The molecule has 0 unspecified atom stereocenters. The molecule has 0 heterocycles. The highest BCUT2D eigenvalue weighted by Crippen LogP contribution is 2.41. The number of hydrogen-bond donors (Lipinski definition) is 2. The van der Waals surface area contributed by atoms with Crippen molar-refractivity contribution in [3.63, 3.8) is 0 Å². The van der Waals surface area contributed by atoms with Gasteiger partial charge in [0.15, 0.2) is 0 Å². The summed E-state index contributed by atoms with van der Waals surface area (Å²) >= 11 is 0. The van der Waals surface area contributed by atoms with Gasteiger partial charge in [-0.1, -0.05) is 49.4 Å². The Morgan fingerprint density at radius 1 is 1.05 bits per heavy atom. The van der Waals surface area contributed by atoms with Crippen LogP contribution in [-0.4, -0.2) is 6.03 Å². The second kappa shape index (κ2) is 6.22. The molecule has 0 atom stereocenters.